The third-order valence-corrected chi connectivity index (χ3v) is 7.36. The van der Waals surface area contributed by atoms with Gasteiger partial charge >= 0.3 is 0 Å². The second kappa shape index (κ2) is 11.1. The van der Waals surface area contributed by atoms with Crippen LogP contribution in [0.4, 0.5) is 11.6 Å². The number of rotatable bonds is 8. The van der Waals surface area contributed by atoms with Gasteiger partial charge in [-0.25, -0.2) is 4.68 Å². The Balaban J connectivity index is 1.49. The maximum absolute atomic E-state index is 13.6. The number of carbonyl (C=O) groups is 1. The molecule has 1 aliphatic rings. The van der Waals surface area contributed by atoms with Gasteiger partial charge in [-0.3, -0.25) is 4.79 Å². The number of hydrogen-bond acceptors (Lipinski definition) is 6. The fourth-order valence-electron chi connectivity index (χ4n) is 4.53. The van der Waals surface area contributed by atoms with Gasteiger partial charge < -0.3 is 15.4 Å². The molecule has 0 fully saturated rings. The van der Waals surface area contributed by atoms with Crippen LogP contribution in [0.15, 0.2) is 89.2 Å². The molecule has 3 aromatic carbocycles. The van der Waals surface area contributed by atoms with Gasteiger partial charge in [0.2, 0.25) is 11.1 Å². The molecule has 2 N–H and O–H groups in total. The van der Waals surface area contributed by atoms with Gasteiger partial charge in [0, 0.05) is 17.1 Å². The van der Waals surface area contributed by atoms with Crippen LogP contribution in [0.3, 0.4) is 0 Å². The van der Waals surface area contributed by atoms with Gasteiger partial charge in [-0.05, 0) is 68.7 Å². The van der Waals surface area contributed by atoms with E-state index in [0.29, 0.717) is 23.3 Å². The summed E-state index contributed by atoms with van der Waals surface area (Å²) in [4.78, 5) is 18.4. The summed E-state index contributed by atoms with van der Waals surface area (Å²) in [6, 6.07) is 23.3. The minimum Gasteiger partial charge on any atom is -0.494 e. The van der Waals surface area contributed by atoms with Gasteiger partial charge in [0.05, 0.1) is 12.2 Å². The molecule has 5 rings (SSSR count). The summed E-state index contributed by atoms with van der Waals surface area (Å²) >= 11 is 1.59. The highest BCUT2D eigenvalue weighted by atomic mass is 32.2. The zero-order valence-electron chi connectivity index (χ0n) is 22.0. The molecule has 1 amide bonds. The van der Waals surface area contributed by atoms with E-state index in [0.717, 1.165) is 28.5 Å². The molecular formula is C30H31N5O2S. The highest BCUT2D eigenvalue weighted by molar-refractivity contribution is 7.98. The van der Waals surface area contributed by atoms with Crippen LogP contribution in [0.5, 0.6) is 5.75 Å². The third-order valence-electron chi connectivity index (χ3n) is 6.48. The van der Waals surface area contributed by atoms with Crippen LogP contribution in [0.1, 0.15) is 42.1 Å². The number of aromatic nitrogens is 3. The Kier molecular flexibility index (Phi) is 7.51. The smallest absolute Gasteiger partial charge is 0.255 e. The predicted molar refractivity (Wildman–Crippen MR) is 153 cm³/mol. The van der Waals surface area contributed by atoms with Crippen molar-refractivity contribution in [2.45, 2.75) is 44.6 Å². The zero-order chi connectivity index (χ0) is 26.6. The number of carbonyl (C=O) groups excluding carboxylic acids is 1. The molecule has 1 aromatic heterocycles. The summed E-state index contributed by atoms with van der Waals surface area (Å²) in [5.41, 5.74) is 6.72. The maximum atomic E-state index is 13.6. The normalized spacial score (nSPS) is 14.6. The number of ether oxygens (including phenoxy) is 1. The number of aryl methyl sites for hydroxylation is 2. The largest absolute Gasteiger partial charge is 0.494 e. The molecule has 1 aliphatic heterocycles. The maximum Gasteiger partial charge on any atom is 0.255 e. The number of hydrogen-bond donors (Lipinski definition) is 2. The van der Waals surface area contributed by atoms with E-state index in [2.05, 4.69) is 42.7 Å². The molecule has 1 atom stereocenters. The number of amides is 1. The Morgan fingerprint density at radius 2 is 1.82 bits per heavy atom. The highest BCUT2D eigenvalue weighted by Crippen LogP contribution is 2.37. The summed E-state index contributed by atoms with van der Waals surface area (Å²) in [6.45, 7) is 8.67. The molecule has 8 heteroatoms. The molecule has 7 nitrogen and oxygen atoms in total. The minimum absolute atomic E-state index is 0.189. The van der Waals surface area contributed by atoms with Crippen LogP contribution >= 0.6 is 11.8 Å². The van der Waals surface area contributed by atoms with Gasteiger partial charge in [0.15, 0.2) is 0 Å². The van der Waals surface area contributed by atoms with Crippen LogP contribution in [0.25, 0.3) is 0 Å². The van der Waals surface area contributed by atoms with E-state index in [1.54, 1.807) is 11.8 Å². The Hall–Kier alpha value is -4.04. The van der Waals surface area contributed by atoms with Crippen molar-refractivity contribution in [1.29, 1.82) is 0 Å². The molecule has 0 bridgehead atoms. The second-order valence-electron chi connectivity index (χ2n) is 9.27. The van der Waals surface area contributed by atoms with E-state index < -0.39 is 6.04 Å². The van der Waals surface area contributed by atoms with Crippen LogP contribution in [0, 0.1) is 13.8 Å². The molecule has 0 spiro atoms. The van der Waals surface area contributed by atoms with Crippen molar-refractivity contribution in [2.24, 2.45) is 0 Å². The lowest BCUT2D eigenvalue weighted by atomic mass is 9.95. The van der Waals surface area contributed by atoms with Crippen molar-refractivity contribution in [3.8, 4) is 5.75 Å². The first kappa shape index (κ1) is 25.6. The number of allylic oxidation sites excluding steroid dienone is 1. The lowest BCUT2D eigenvalue weighted by molar-refractivity contribution is -0.113. The molecule has 38 heavy (non-hydrogen) atoms. The number of nitrogens with zero attached hydrogens (tertiary/aromatic N) is 3. The van der Waals surface area contributed by atoms with E-state index in [1.165, 1.54) is 16.7 Å². The number of nitrogens with one attached hydrogen (secondary N) is 2. The van der Waals surface area contributed by atoms with E-state index in [4.69, 9.17) is 14.8 Å². The second-order valence-corrected chi connectivity index (χ2v) is 10.2. The Morgan fingerprint density at radius 3 is 2.55 bits per heavy atom. The van der Waals surface area contributed by atoms with E-state index in [9.17, 15) is 4.79 Å². The SMILES string of the molecule is CCOc1ccc([C@@H]2C(C(=O)Nc3ccccc3)=C(C)Nc3nc(SCc4cc(C)ccc4C)nn32)cc1. The summed E-state index contributed by atoms with van der Waals surface area (Å²) in [5.74, 6) is 1.97. The number of benzene rings is 3. The number of anilines is 2. The molecule has 194 valence electrons. The minimum atomic E-state index is -0.451. The standard InChI is InChI=1S/C30H31N5O2S/c1-5-37-25-15-13-22(14-16-25)27-26(28(36)32-24-9-7-6-8-10-24)21(4)31-29-33-30(34-35(27)29)38-18-23-17-19(2)11-12-20(23)3/h6-17,27H,5,18H2,1-4H3,(H,32,36)(H,31,33,34)/t27-/m1/s1. The first-order chi connectivity index (χ1) is 18.4. The van der Waals surface area contributed by atoms with Crippen molar-refractivity contribution in [3.63, 3.8) is 0 Å². The topological polar surface area (TPSA) is 81.1 Å². The fourth-order valence-corrected chi connectivity index (χ4v) is 5.42. The first-order valence-corrected chi connectivity index (χ1v) is 13.6. The summed E-state index contributed by atoms with van der Waals surface area (Å²) < 4.78 is 7.46. The number of fused-ring (bicyclic) bond motifs is 1. The van der Waals surface area contributed by atoms with E-state index >= 15 is 0 Å². The summed E-state index contributed by atoms with van der Waals surface area (Å²) in [5, 5.41) is 11.9. The number of para-hydroxylation sites is 1. The van der Waals surface area contributed by atoms with Crippen LogP contribution in [0.2, 0.25) is 0 Å². The molecule has 0 radical (unpaired) electrons. The van der Waals surface area contributed by atoms with Crippen molar-refractivity contribution in [3.05, 3.63) is 106 Å². The molecule has 2 heterocycles. The number of thioether (sulfide) groups is 1. The molecule has 0 saturated heterocycles. The van der Waals surface area contributed by atoms with Crippen molar-refractivity contribution >= 4 is 29.3 Å². The van der Waals surface area contributed by atoms with Gasteiger partial charge in [0.1, 0.15) is 11.8 Å². The average molecular weight is 526 g/mol. The van der Waals surface area contributed by atoms with Crippen LogP contribution < -0.4 is 15.4 Å². The monoisotopic (exact) mass is 525 g/mol. The van der Waals surface area contributed by atoms with Crippen molar-refractivity contribution in [1.82, 2.24) is 14.8 Å². The third kappa shape index (κ3) is 5.45. The molecule has 0 aliphatic carbocycles. The van der Waals surface area contributed by atoms with Crippen LogP contribution in [-0.4, -0.2) is 27.3 Å². The molecule has 0 saturated carbocycles. The summed E-state index contributed by atoms with van der Waals surface area (Å²) in [6.07, 6.45) is 0. The van der Waals surface area contributed by atoms with Gasteiger partial charge in [0.25, 0.3) is 5.91 Å². The van der Waals surface area contributed by atoms with Crippen molar-refractivity contribution in [2.75, 3.05) is 17.2 Å². The molecule has 4 aromatic rings. The first-order valence-electron chi connectivity index (χ1n) is 12.7. The summed E-state index contributed by atoms with van der Waals surface area (Å²) in [7, 11) is 0. The molecule has 0 unspecified atom stereocenters. The zero-order valence-corrected chi connectivity index (χ0v) is 22.8. The van der Waals surface area contributed by atoms with Gasteiger partial charge in [-0.1, -0.05) is 65.9 Å². The van der Waals surface area contributed by atoms with Gasteiger partial charge in [-0.15, -0.1) is 5.10 Å². The molecular weight excluding hydrogens is 494 g/mol. The van der Waals surface area contributed by atoms with E-state index in [1.807, 2.05) is 73.1 Å². The Bertz CT molecular complexity index is 1480. The van der Waals surface area contributed by atoms with Gasteiger partial charge in [-0.2, -0.15) is 4.98 Å². The van der Waals surface area contributed by atoms with Crippen LogP contribution in [-0.2, 0) is 10.5 Å². The Morgan fingerprint density at radius 1 is 1.05 bits per heavy atom. The average Bonchev–Trinajstić information content (AvgIpc) is 3.32. The fraction of sp³-hybridized carbons (Fsp3) is 0.233. The quantitative estimate of drug-likeness (QED) is 0.255. The Labute approximate surface area is 227 Å². The lowest BCUT2D eigenvalue weighted by Crippen LogP contribution is -2.31. The lowest BCUT2D eigenvalue weighted by Gasteiger charge is -2.28. The van der Waals surface area contributed by atoms with E-state index in [-0.39, 0.29) is 5.91 Å². The van der Waals surface area contributed by atoms with Crippen molar-refractivity contribution < 1.29 is 9.53 Å². The highest BCUT2D eigenvalue weighted by Gasteiger charge is 2.34. The predicted octanol–water partition coefficient (Wildman–Crippen LogP) is 6.51.